The van der Waals surface area contributed by atoms with Crippen LogP contribution >= 0.6 is 0 Å². The molecule has 0 spiro atoms. The van der Waals surface area contributed by atoms with Crippen LogP contribution in [0, 0.1) is 12.2 Å². The van der Waals surface area contributed by atoms with E-state index in [2.05, 4.69) is 0 Å². The second-order valence-corrected chi connectivity index (χ2v) is 4.43. The van der Waals surface area contributed by atoms with Gasteiger partial charge in [-0.2, -0.15) is 0 Å². The van der Waals surface area contributed by atoms with Crippen LogP contribution < -0.4 is 4.74 Å². The Balaban J connectivity index is 2.06. The van der Waals surface area contributed by atoms with E-state index in [9.17, 15) is 4.39 Å². The molecule has 0 aliphatic heterocycles. The number of hydrogen-bond donors (Lipinski definition) is 0. The van der Waals surface area contributed by atoms with Crippen molar-refractivity contribution in [2.75, 3.05) is 0 Å². The monoisotopic (exact) mass is 243 g/mol. The summed E-state index contributed by atoms with van der Waals surface area (Å²) in [4.78, 5) is 0. The molecule has 0 aromatic heterocycles. The van der Waals surface area contributed by atoms with Crippen molar-refractivity contribution >= 4 is 0 Å². The van der Waals surface area contributed by atoms with Crippen molar-refractivity contribution in [2.45, 2.75) is 20.0 Å². The lowest BCUT2D eigenvalue weighted by Crippen LogP contribution is -2.05. The molecule has 1 nitrogen and oxygen atoms in total. The Morgan fingerprint density at radius 2 is 1.72 bits per heavy atom. The zero-order valence-corrected chi connectivity index (χ0v) is 10.6. The smallest absolute Gasteiger partial charge is 0.123 e. The first-order chi connectivity index (χ1) is 8.63. The second-order valence-electron chi connectivity index (χ2n) is 4.43. The van der Waals surface area contributed by atoms with Crippen molar-refractivity contribution in [2.24, 2.45) is 0 Å². The summed E-state index contributed by atoms with van der Waals surface area (Å²) in [6, 6.07) is 14.3. The molecule has 2 heteroatoms. The third kappa shape index (κ3) is 3.59. The Hall–Kier alpha value is -1.83. The number of benzene rings is 2. The Morgan fingerprint density at radius 1 is 1.00 bits per heavy atom. The third-order valence-corrected chi connectivity index (χ3v) is 2.43. The van der Waals surface area contributed by atoms with Crippen LogP contribution in [0.1, 0.15) is 25.0 Å². The van der Waals surface area contributed by atoms with E-state index in [0.29, 0.717) is 0 Å². The normalized spacial score (nSPS) is 10.7. The van der Waals surface area contributed by atoms with Crippen molar-refractivity contribution in [3.8, 4) is 5.75 Å². The van der Waals surface area contributed by atoms with Gasteiger partial charge < -0.3 is 4.74 Å². The number of rotatable bonds is 4. The molecule has 0 aliphatic rings. The summed E-state index contributed by atoms with van der Waals surface area (Å²) in [6.45, 7) is 3.99. The van der Waals surface area contributed by atoms with Crippen LogP contribution in [-0.4, -0.2) is 6.10 Å². The maximum absolute atomic E-state index is 13.0. The van der Waals surface area contributed by atoms with Gasteiger partial charge in [-0.1, -0.05) is 24.3 Å². The first kappa shape index (κ1) is 12.6. The molecule has 0 heterocycles. The third-order valence-electron chi connectivity index (χ3n) is 2.43. The summed E-state index contributed by atoms with van der Waals surface area (Å²) >= 11 is 0. The van der Waals surface area contributed by atoms with Crippen LogP contribution in [0.15, 0.2) is 48.5 Å². The summed E-state index contributed by atoms with van der Waals surface area (Å²) in [5.41, 5.74) is 1.88. The minimum absolute atomic E-state index is 0.169. The van der Waals surface area contributed by atoms with Crippen molar-refractivity contribution in [3.05, 3.63) is 71.9 Å². The Kier molecular flexibility index (Phi) is 3.98. The van der Waals surface area contributed by atoms with Gasteiger partial charge in [0.25, 0.3) is 0 Å². The number of halogens is 1. The highest BCUT2D eigenvalue weighted by atomic mass is 19.1. The highest BCUT2D eigenvalue weighted by molar-refractivity contribution is 5.39. The van der Waals surface area contributed by atoms with E-state index in [1.165, 1.54) is 12.1 Å². The number of ether oxygens (including phenoxy) is 1. The molecule has 0 saturated heterocycles. The largest absolute Gasteiger partial charge is 0.491 e. The van der Waals surface area contributed by atoms with Crippen LogP contribution in [0.25, 0.3) is 0 Å². The Morgan fingerprint density at radius 3 is 2.33 bits per heavy atom. The van der Waals surface area contributed by atoms with Gasteiger partial charge in [0.05, 0.1) is 6.10 Å². The van der Waals surface area contributed by atoms with Gasteiger partial charge in [-0.25, -0.2) is 4.39 Å². The van der Waals surface area contributed by atoms with Crippen LogP contribution in [0.3, 0.4) is 0 Å². The molecule has 0 bridgehead atoms. The van der Waals surface area contributed by atoms with E-state index in [0.717, 1.165) is 16.9 Å². The lowest BCUT2D eigenvalue weighted by atomic mass is 10.0. The molecule has 2 rings (SSSR count). The standard InChI is InChI=1S/C16H16FO/c1-12(2)18-16-8-6-13(7-9-16)10-14-4-3-5-15(17)11-14/h3-12H,1-2H3. The molecule has 93 valence electrons. The van der Waals surface area contributed by atoms with Gasteiger partial charge >= 0.3 is 0 Å². The van der Waals surface area contributed by atoms with Gasteiger partial charge in [-0.15, -0.1) is 0 Å². The second kappa shape index (κ2) is 5.67. The van der Waals surface area contributed by atoms with Gasteiger partial charge in [-0.05, 0) is 49.2 Å². The fourth-order valence-electron chi connectivity index (χ4n) is 1.70. The Bertz CT molecular complexity index is 503. The van der Waals surface area contributed by atoms with Crippen LogP contribution in [0.4, 0.5) is 4.39 Å². The SMILES string of the molecule is CC(C)Oc1ccc([CH]c2cccc(F)c2)cc1. The maximum atomic E-state index is 13.0. The molecular formula is C16H16FO. The van der Waals surface area contributed by atoms with Crippen molar-refractivity contribution in [1.82, 2.24) is 0 Å². The van der Waals surface area contributed by atoms with Gasteiger partial charge in [0.1, 0.15) is 11.6 Å². The highest BCUT2D eigenvalue weighted by Crippen LogP contribution is 2.18. The molecular weight excluding hydrogens is 227 g/mol. The van der Waals surface area contributed by atoms with Gasteiger partial charge in [0.2, 0.25) is 0 Å². The molecule has 0 amide bonds. The predicted molar refractivity (Wildman–Crippen MR) is 71.1 cm³/mol. The first-order valence-corrected chi connectivity index (χ1v) is 6.00. The summed E-state index contributed by atoms with van der Waals surface area (Å²) in [5, 5.41) is 0. The van der Waals surface area contributed by atoms with E-state index in [1.54, 1.807) is 6.07 Å². The fourth-order valence-corrected chi connectivity index (χ4v) is 1.70. The van der Waals surface area contributed by atoms with E-state index in [1.807, 2.05) is 50.6 Å². The molecule has 1 radical (unpaired) electrons. The minimum atomic E-state index is -0.219. The zero-order valence-electron chi connectivity index (χ0n) is 10.6. The molecule has 2 aromatic rings. The molecule has 0 fully saturated rings. The van der Waals surface area contributed by atoms with Gasteiger partial charge in [-0.3, -0.25) is 0 Å². The van der Waals surface area contributed by atoms with E-state index in [4.69, 9.17) is 4.74 Å². The van der Waals surface area contributed by atoms with Gasteiger partial charge in [0, 0.05) is 6.42 Å². The van der Waals surface area contributed by atoms with Crippen molar-refractivity contribution in [1.29, 1.82) is 0 Å². The highest BCUT2D eigenvalue weighted by Gasteiger charge is 2.01. The summed E-state index contributed by atoms with van der Waals surface area (Å²) < 4.78 is 18.6. The minimum Gasteiger partial charge on any atom is -0.491 e. The summed E-state index contributed by atoms with van der Waals surface area (Å²) in [7, 11) is 0. The fraction of sp³-hybridized carbons (Fsp3) is 0.188. The molecule has 0 aliphatic carbocycles. The predicted octanol–water partition coefficient (Wildman–Crippen LogP) is 4.21. The van der Waals surface area contributed by atoms with E-state index < -0.39 is 0 Å². The average molecular weight is 243 g/mol. The Labute approximate surface area is 107 Å². The lowest BCUT2D eigenvalue weighted by molar-refractivity contribution is 0.242. The van der Waals surface area contributed by atoms with Crippen molar-refractivity contribution < 1.29 is 9.13 Å². The topological polar surface area (TPSA) is 9.23 Å². The van der Waals surface area contributed by atoms with Crippen LogP contribution in [0.2, 0.25) is 0 Å². The van der Waals surface area contributed by atoms with Crippen LogP contribution in [0.5, 0.6) is 5.75 Å². The molecule has 18 heavy (non-hydrogen) atoms. The maximum Gasteiger partial charge on any atom is 0.123 e. The first-order valence-electron chi connectivity index (χ1n) is 6.00. The van der Waals surface area contributed by atoms with Crippen LogP contribution in [-0.2, 0) is 0 Å². The summed E-state index contributed by atoms with van der Waals surface area (Å²) in [6.07, 6.45) is 2.10. The molecule has 0 atom stereocenters. The van der Waals surface area contributed by atoms with E-state index in [-0.39, 0.29) is 11.9 Å². The average Bonchev–Trinajstić information content (AvgIpc) is 2.31. The zero-order chi connectivity index (χ0) is 13.0. The summed E-state index contributed by atoms with van der Waals surface area (Å²) in [5.74, 6) is 0.630. The molecule has 0 saturated carbocycles. The number of hydrogen-bond acceptors (Lipinski definition) is 1. The molecule has 0 N–H and O–H groups in total. The molecule has 2 aromatic carbocycles. The van der Waals surface area contributed by atoms with E-state index >= 15 is 0 Å². The quantitative estimate of drug-likeness (QED) is 0.781. The van der Waals surface area contributed by atoms with Gasteiger partial charge in [0.15, 0.2) is 0 Å². The lowest BCUT2D eigenvalue weighted by Gasteiger charge is -2.10. The molecule has 0 unspecified atom stereocenters. The van der Waals surface area contributed by atoms with Crippen molar-refractivity contribution in [3.63, 3.8) is 0 Å².